The highest BCUT2D eigenvalue weighted by Gasteiger charge is 2.59. The van der Waals surface area contributed by atoms with Crippen molar-refractivity contribution >= 4 is 5.57 Å². The minimum atomic E-state index is -0.685. The Morgan fingerprint density at radius 1 is 0.421 bits per heavy atom. The lowest BCUT2D eigenvalue weighted by Crippen LogP contribution is -2.44. The molecule has 0 unspecified atom stereocenters. The van der Waals surface area contributed by atoms with Crippen molar-refractivity contribution in [1.29, 1.82) is 0 Å². The average molecular weight is 728 g/mol. The van der Waals surface area contributed by atoms with Gasteiger partial charge in [0.25, 0.3) is 0 Å². The molecule has 11 rings (SSSR count). The highest BCUT2D eigenvalue weighted by Crippen LogP contribution is 2.68. The van der Waals surface area contributed by atoms with E-state index < -0.39 is 10.8 Å². The van der Waals surface area contributed by atoms with E-state index in [0.29, 0.717) is 23.0 Å². The summed E-state index contributed by atoms with van der Waals surface area (Å²) in [7, 11) is 0. The Kier molecular flexibility index (Phi) is 7.36. The van der Waals surface area contributed by atoms with Gasteiger partial charge in [-0.1, -0.05) is 201 Å². The van der Waals surface area contributed by atoms with Gasteiger partial charge in [0.2, 0.25) is 0 Å². The molecule has 8 aromatic rings. The number of fused-ring (bicyclic) bond motifs is 16. The summed E-state index contributed by atoms with van der Waals surface area (Å²) in [6, 6.07) is 62.1. The predicted molar refractivity (Wildman–Crippen MR) is 232 cm³/mol. The Labute approximate surface area is 333 Å². The molecular weight excluding hydrogens is 691 g/mol. The number of nitrogens with zero attached hydrogens (tertiary/aromatic N) is 3. The zero-order valence-corrected chi connectivity index (χ0v) is 31.5. The van der Waals surface area contributed by atoms with E-state index in [1.807, 2.05) is 49.4 Å². The fourth-order valence-corrected chi connectivity index (χ4v) is 10.2. The second kappa shape index (κ2) is 12.7. The topological polar surface area (TPSA) is 38.7 Å². The summed E-state index contributed by atoms with van der Waals surface area (Å²) >= 11 is 0. The SMILES string of the molecule is C=C(/C=C\C=C/C)c1nc(-c2ccccc2)nc(-c2cccc3c2C2(c4ccccc4-c4ccccc42)c2ccccc2C32c3ccccc3-c3ccccc32)n1. The number of rotatable bonds is 5. The molecule has 268 valence electrons. The van der Waals surface area contributed by atoms with Crippen LogP contribution in [0, 0.1) is 0 Å². The lowest BCUT2D eigenvalue weighted by Gasteiger charge is -2.49. The van der Waals surface area contributed by atoms with Crippen molar-refractivity contribution in [3.05, 3.63) is 251 Å². The van der Waals surface area contributed by atoms with Gasteiger partial charge in [-0.15, -0.1) is 0 Å². The first kappa shape index (κ1) is 33.1. The van der Waals surface area contributed by atoms with Crippen LogP contribution in [0.1, 0.15) is 57.3 Å². The molecule has 2 spiro atoms. The van der Waals surface area contributed by atoms with Crippen LogP contribution in [-0.4, -0.2) is 15.0 Å². The molecule has 0 saturated heterocycles. The Balaban J connectivity index is 1.33. The maximum atomic E-state index is 5.39. The van der Waals surface area contributed by atoms with Crippen molar-refractivity contribution in [2.75, 3.05) is 0 Å². The lowest BCUT2D eigenvalue weighted by molar-refractivity contribution is 0.633. The molecule has 3 heteroatoms. The van der Waals surface area contributed by atoms with Gasteiger partial charge in [-0.05, 0) is 73.7 Å². The van der Waals surface area contributed by atoms with Gasteiger partial charge in [0.05, 0.1) is 10.8 Å². The van der Waals surface area contributed by atoms with Crippen LogP contribution < -0.4 is 0 Å². The van der Waals surface area contributed by atoms with E-state index in [4.69, 9.17) is 15.0 Å². The Hall–Kier alpha value is -7.23. The highest BCUT2D eigenvalue weighted by molar-refractivity contribution is 5.95. The maximum Gasteiger partial charge on any atom is 0.164 e. The molecule has 3 nitrogen and oxygen atoms in total. The predicted octanol–water partition coefficient (Wildman–Crippen LogP) is 12.4. The number of hydrogen-bond acceptors (Lipinski definition) is 3. The van der Waals surface area contributed by atoms with E-state index >= 15 is 0 Å². The molecule has 1 aromatic heterocycles. The molecule has 3 aliphatic carbocycles. The smallest absolute Gasteiger partial charge is 0.164 e. The van der Waals surface area contributed by atoms with Gasteiger partial charge < -0.3 is 0 Å². The molecule has 0 aliphatic heterocycles. The molecule has 57 heavy (non-hydrogen) atoms. The summed E-state index contributed by atoms with van der Waals surface area (Å²) in [5, 5.41) is 0. The zero-order chi connectivity index (χ0) is 38.1. The van der Waals surface area contributed by atoms with Crippen LogP contribution >= 0.6 is 0 Å². The molecule has 0 saturated carbocycles. The molecule has 0 fully saturated rings. The summed E-state index contributed by atoms with van der Waals surface area (Å²) in [4.78, 5) is 15.8. The molecule has 1 heterocycles. The number of aromatic nitrogens is 3. The minimum Gasteiger partial charge on any atom is -0.208 e. The fraction of sp³-hybridized carbons (Fsp3) is 0.0556. The molecule has 0 bridgehead atoms. The van der Waals surface area contributed by atoms with Crippen molar-refractivity contribution in [3.8, 4) is 45.0 Å². The van der Waals surface area contributed by atoms with E-state index in [-0.39, 0.29) is 0 Å². The van der Waals surface area contributed by atoms with E-state index in [1.54, 1.807) is 0 Å². The summed E-state index contributed by atoms with van der Waals surface area (Å²) in [5.74, 6) is 1.77. The van der Waals surface area contributed by atoms with Crippen LogP contribution in [0.25, 0.3) is 50.6 Å². The first-order valence-corrected chi connectivity index (χ1v) is 19.6. The van der Waals surface area contributed by atoms with Gasteiger partial charge in [-0.2, -0.15) is 0 Å². The quantitative estimate of drug-likeness (QED) is 0.166. The number of hydrogen-bond donors (Lipinski definition) is 0. The van der Waals surface area contributed by atoms with Crippen LogP contribution in [0.2, 0.25) is 0 Å². The van der Waals surface area contributed by atoms with Gasteiger partial charge in [0.1, 0.15) is 0 Å². The van der Waals surface area contributed by atoms with Gasteiger partial charge in [-0.25, -0.2) is 15.0 Å². The third-order valence-electron chi connectivity index (χ3n) is 12.3. The van der Waals surface area contributed by atoms with Crippen LogP contribution in [0.4, 0.5) is 0 Å². The molecule has 7 aromatic carbocycles. The van der Waals surface area contributed by atoms with Crippen molar-refractivity contribution in [3.63, 3.8) is 0 Å². The normalized spacial score (nSPS) is 14.6. The number of benzene rings is 7. The largest absolute Gasteiger partial charge is 0.208 e. The highest BCUT2D eigenvalue weighted by atomic mass is 15.0. The third kappa shape index (κ3) is 4.45. The van der Waals surface area contributed by atoms with E-state index in [2.05, 4.69) is 158 Å². The minimum absolute atomic E-state index is 0.543. The summed E-state index contributed by atoms with van der Waals surface area (Å²) in [6.07, 6.45) is 7.94. The molecule has 0 atom stereocenters. The third-order valence-corrected chi connectivity index (χ3v) is 12.3. The Morgan fingerprint density at radius 3 is 1.42 bits per heavy atom. The van der Waals surface area contributed by atoms with Gasteiger partial charge in [0, 0.05) is 16.7 Å². The van der Waals surface area contributed by atoms with Crippen molar-refractivity contribution < 1.29 is 0 Å². The van der Waals surface area contributed by atoms with Crippen LogP contribution in [0.3, 0.4) is 0 Å². The Morgan fingerprint density at radius 2 is 0.860 bits per heavy atom. The molecule has 0 radical (unpaired) electrons. The monoisotopic (exact) mass is 727 g/mol. The zero-order valence-electron chi connectivity index (χ0n) is 31.5. The maximum absolute atomic E-state index is 5.39. The van der Waals surface area contributed by atoms with Gasteiger partial charge in [0.15, 0.2) is 17.5 Å². The summed E-state index contributed by atoms with van der Waals surface area (Å²) in [6.45, 7) is 6.45. The van der Waals surface area contributed by atoms with Crippen molar-refractivity contribution in [2.45, 2.75) is 17.8 Å². The van der Waals surface area contributed by atoms with Crippen molar-refractivity contribution in [1.82, 2.24) is 15.0 Å². The lowest BCUT2D eigenvalue weighted by atomic mass is 9.51. The molecule has 0 amide bonds. The van der Waals surface area contributed by atoms with Crippen LogP contribution in [0.15, 0.2) is 201 Å². The molecular formula is C54H37N3. The second-order valence-corrected chi connectivity index (χ2v) is 15.0. The van der Waals surface area contributed by atoms with Gasteiger partial charge in [-0.3, -0.25) is 0 Å². The molecule has 3 aliphatic rings. The van der Waals surface area contributed by atoms with Crippen LogP contribution in [-0.2, 0) is 10.8 Å². The summed E-state index contributed by atoms with van der Waals surface area (Å²) < 4.78 is 0. The fourth-order valence-electron chi connectivity index (χ4n) is 10.2. The standard InChI is InChI=1S/C54H37N3/c1-3-4-6-20-35(2)50-55-51(36-21-7-5-8-22-36)57-52(56-50)41-27-19-34-48-49(41)54(44-30-15-11-25-39(44)40-26-12-16-31-45(40)54)47-33-18-17-32-46(47)53(48)42-28-13-9-23-37(42)38-24-10-14-29-43(38)53/h3-34H,2H2,1H3/b4-3-,20-6-. The average Bonchev–Trinajstić information content (AvgIpc) is 3.74. The van der Waals surface area contributed by atoms with Gasteiger partial charge >= 0.3 is 0 Å². The van der Waals surface area contributed by atoms with Crippen LogP contribution in [0.5, 0.6) is 0 Å². The molecule has 0 N–H and O–H groups in total. The Bertz CT molecular complexity index is 2910. The summed E-state index contributed by atoms with van der Waals surface area (Å²) in [5.41, 5.74) is 16.4. The van der Waals surface area contributed by atoms with E-state index in [1.165, 1.54) is 66.8 Å². The number of allylic oxidation sites excluding steroid dienone is 5. The first-order chi connectivity index (χ1) is 28.2. The van der Waals surface area contributed by atoms with E-state index in [9.17, 15) is 0 Å². The van der Waals surface area contributed by atoms with Crippen molar-refractivity contribution in [2.24, 2.45) is 0 Å². The first-order valence-electron chi connectivity index (χ1n) is 19.6. The second-order valence-electron chi connectivity index (χ2n) is 15.0. The van der Waals surface area contributed by atoms with E-state index in [0.717, 1.165) is 11.1 Å².